The summed E-state index contributed by atoms with van der Waals surface area (Å²) >= 11 is 0. The highest BCUT2D eigenvalue weighted by Crippen LogP contribution is 2.18. The number of hydrogen-bond donors (Lipinski definition) is 3. The molecule has 2 aromatic rings. The first kappa shape index (κ1) is 12.8. The van der Waals surface area contributed by atoms with Crippen molar-refractivity contribution in [1.29, 1.82) is 0 Å². The van der Waals surface area contributed by atoms with Crippen LogP contribution in [0.15, 0.2) is 18.5 Å². The zero-order valence-corrected chi connectivity index (χ0v) is 10.8. The van der Waals surface area contributed by atoms with Gasteiger partial charge >= 0.3 is 0 Å². The van der Waals surface area contributed by atoms with E-state index in [-0.39, 0.29) is 12.1 Å². The average molecular weight is 276 g/mol. The molecular formula is C11H16N8O. The molecule has 2 aromatic heterocycles. The Morgan fingerprint density at radius 3 is 2.60 bits per heavy atom. The molecule has 0 radical (unpaired) electrons. The third kappa shape index (κ3) is 2.53. The first-order valence-electron chi connectivity index (χ1n) is 6.42. The SMILES string of the molecule is NNc1nc(N2CCC(O)CC2)nc(-n2cccn2)n1. The van der Waals surface area contributed by atoms with E-state index in [1.54, 1.807) is 23.1 Å². The van der Waals surface area contributed by atoms with Crippen LogP contribution in [0.5, 0.6) is 0 Å². The van der Waals surface area contributed by atoms with Crippen molar-refractivity contribution < 1.29 is 5.11 Å². The van der Waals surface area contributed by atoms with E-state index < -0.39 is 0 Å². The zero-order chi connectivity index (χ0) is 13.9. The molecule has 106 valence electrons. The van der Waals surface area contributed by atoms with E-state index in [9.17, 15) is 5.11 Å². The van der Waals surface area contributed by atoms with Gasteiger partial charge in [-0.15, -0.1) is 0 Å². The van der Waals surface area contributed by atoms with Crippen LogP contribution >= 0.6 is 0 Å². The molecule has 0 aliphatic carbocycles. The molecule has 3 heterocycles. The molecule has 1 fully saturated rings. The minimum atomic E-state index is -0.245. The van der Waals surface area contributed by atoms with Crippen molar-refractivity contribution in [1.82, 2.24) is 24.7 Å². The number of hydrazine groups is 1. The highest BCUT2D eigenvalue weighted by atomic mass is 16.3. The van der Waals surface area contributed by atoms with Crippen LogP contribution in [0.3, 0.4) is 0 Å². The molecule has 1 aliphatic rings. The van der Waals surface area contributed by atoms with Gasteiger partial charge in [0.1, 0.15) is 0 Å². The van der Waals surface area contributed by atoms with E-state index in [2.05, 4.69) is 25.5 Å². The third-order valence-corrected chi connectivity index (χ3v) is 3.20. The van der Waals surface area contributed by atoms with Gasteiger partial charge in [0, 0.05) is 25.5 Å². The molecule has 9 nitrogen and oxygen atoms in total. The number of aromatic nitrogens is 5. The van der Waals surface area contributed by atoms with Crippen molar-refractivity contribution >= 4 is 11.9 Å². The molecule has 0 unspecified atom stereocenters. The second-order valence-electron chi connectivity index (χ2n) is 4.57. The maximum atomic E-state index is 9.55. The summed E-state index contributed by atoms with van der Waals surface area (Å²) < 4.78 is 1.55. The topological polar surface area (TPSA) is 118 Å². The molecule has 1 aliphatic heterocycles. The number of nitrogen functional groups attached to an aromatic ring is 1. The van der Waals surface area contributed by atoms with Gasteiger partial charge in [-0.1, -0.05) is 0 Å². The maximum absolute atomic E-state index is 9.55. The van der Waals surface area contributed by atoms with Gasteiger partial charge in [-0.25, -0.2) is 10.5 Å². The van der Waals surface area contributed by atoms with Gasteiger partial charge in [-0.05, 0) is 18.9 Å². The van der Waals surface area contributed by atoms with Gasteiger partial charge in [0.2, 0.25) is 11.9 Å². The van der Waals surface area contributed by atoms with Gasteiger partial charge in [-0.2, -0.15) is 20.1 Å². The van der Waals surface area contributed by atoms with Crippen molar-refractivity contribution in [3.05, 3.63) is 18.5 Å². The number of piperidine rings is 1. The Kier molecular flexibility index (Phi) is 3.44. The Morgan fingerprint density at radius 2 is 1.95 bits per heavy atom. The van der Waals surface area contributed by atoms with Crippen LogP contribution in [0.1, 0.15) is 12.8 Å². The van der Waals surface area contributed by atoms with E-state index in [1.807, 2.05) is 4.90 Å². The van der Waals surface area contributed by atoms with Crippen molar-refractivity contribution in [3.8, 4) is 5.95 Å². The number of rotatable bonds is 3. The molecule has 0 bridgehead atoms. The lowest BCUT2D eigenvalue weighted by Gasteiger charge is -2.29. The molecule has 20 heavy (non-hydrogen) atoms. The summed E-state index contributed by atoms with van der Waals surface area (Å²) in [5, 5.41) is 13.7. The van der Waals surface area contributed by atoms with Gasteiger partial charge < -0.3 is 10.0 Å². The van der Waals surface area contributed by atoms with Gasteiger partial charge in [0.05, 0.1) is 6.10 Å². The normalized spacial score (nSPS) is 16.4. The number of hydrogen-bond acceptors (Lipinski definition) is 8. The quantitative estimate of drug-likeness (QED) is 0.497. The Morgan fingerprint density at radius 1 is 1.20 bits per heavy atom. The van der Waals surface area contributed by atoms with Crippen LogP contribution in [0, 0.1) is 0 Å². The summed E-state index contributed by atoms with van der Waals surface area (Å²) in [5.41, 5.74) is 2.44. The summed E-state index contributed by atoms with van der Waals surface area (Å²) in [6.07, 6.45) is 4.56. The second kappa shape index (κ2) is 5.39. The Labute approximate surface area is 115 Å². The molecule has 3 rings (SSSR count). The molecule has 0 saturated carbocycles. The summed E-state index contributed by atoms with van der Waals surface area (Å²) in [5.74, 6) is 6.62. The van der Waals surface area contributed by atoms with Crippen LogP contribution < -0.4 is 16.2 Å². The Bertz CT molecular complexity index is 564. The van der Waals surface area contributed by atoms with E-state index in [0.29, 0.717) is 37.8 Å². The molecule has 9 heteroatoms. The van der Waals surface area contributed by atoms with Gasteiger partial charge in [0.15, 0.2) is 0 Å². The lowest BCUT2D eigenvalue weighted by molar-refractivity contribution is 0.145. The molecule has 0 aromatic carbocycles. The Hall–Kier alpha value is -2.26. The van der Waals surface area contributed by atoms with Crippen LogP contribution in [-0.4, -0.2) is 49.0 Å². The number of nitrogens with zero attached hydrogens (tertiary/aromatic N) is 6. The van der Waals surface area contributed by atoms with Crippen molar-refractivity contribution in [2.24, 2.45) is 5.84 Å². The molecule has 0 spiro atoms. The highest BCUT2D eigenvalue weighted by Gasteiger charge is 2.20. The Balaban J connectivity index is 1.92. The van der Waals surface area contributed by atoms with E-state index in [4.69, 9.17) is 5.84 Å². The van der Waals surface area contributed by atoms with Crippen LogP contribution in [0.4, 0.5) is 11.9 Å². The average Bonchev–Trinajstić information content (AvgIpc) is 3.02. The first-order chi connectivity index (χ1) is 9.76. The molecule has 1 saturated heterocycles. The first-order valence-corrected chi connectivity index (χ1v) is 6.42. The summed E-state index contributed by atoms with van der Waals surface area (Å²) in [4.78, 5) is 14.8. The largest absolute Gasteiger partial charge is 0.393 e. The standard InChI is InChI=1S/C11H16N8O/c12-17-9-14-10(18-6-2-8(20)3-7-18)16-11(15-9)19-5-1-4-13-19/h1,4-5,8,20H,2-3,6-7,12H2,(H,14,15,16,17). The maximum Gasteiger partial charge on any atom is 0.257 e. The van der Waals surface area contributed by atoms with Crippen LogP contribution in [0.2, 0.25) is 0 Å². The van der Waals surface area contributed by atoms with Crippen LogP contribution in [0.25, 0.3) is 5.95 Å². The number of aliphatic hydroxyl groups is 1. The van der Waals surface area contributed by atoms with Crippen molar-refractivity contribution in [3.63, 3.8) is 0 Å². The lowest BCUT2D eigenvalue weighted by atomic mass is 10.1. The summed E-state index contributed by atoms with van der Waals surface area (Å²) in [7, 11) is 0. The fraction of sp³-hybridized carbons (Fsp3) is 0.455. The number of nitrogens with one attached hydrogen (secondary N) is 1. The highest BCUT2D eigenvalue weighted by molar-refractivity contribution is 5.39. The minimum absolute atomic E-state index is 0.245. The lowest BCUT2D eigenvalue weighted by Crippen LogP contribution is -2.37. The summed E-state index contributed by atoms with van der Waals surface area (Å²) in [6.45, 7) is 1.40. The second-order valence-corrected chi connectivity index (χ2v) is 4.57. The van der Waals surface area contributed by atoms with Crippen molar-refractivity contribution in [2.45, 2.75) is 18.9 Å². The molecule has 0 atom stereocenters. The monoisotopic (exact) mass is 276 g/mol. The zero-order valence-electron chi connectivity index (χ0n) is 10.8. The van der Waals surface area contributed by atoms with Crippen LogP contribution in [-0.2, 0) is 0 Å². The third-order valence-electron chi connectivity index (χ3n) is 3.20. The molecule has 4 N–H and O–H groups in total. The smallest absolute Gasteiger partial charge is 0.257 e. The number of nitrogens with two attached hydrogens (primary N) is 1. The number of anilines is 2. The van der Waals surface area contributed by atoms with E-state index in [1.165, 1.54) is 0 Å². The van der Waals surface area contributed by atoms with Crippen molar-refractivity contribution in [2.75, 3.05) is 23.4 Å². The molecular weight excluding hydrogens is 260 g/mol. The predicted octanol–water partition coefficient (Wildman–Crippen LogP) is -0.696. The van der Waals surface area contributed by atoms with Gasteiger partial charge in [-0.3, -0.25) is 5.43 Å². The van der Waals surface area contributed by atoms with E-state index in [0.717, 1.165) is 0 Å². The number of aliphatic hydroxyl groups excluding tert-OH is 1. The fourth-order valence-electron chi connectivity index (χ4n) is 2.12. The predicted molar refractivity (Wildman–Crippen MR) is 72.2 cm³/mol. The minimum Gasteiger partial charge on any atom is -0.393 e. The summed E-state index contributed by atoms with van der Waals surface area (Å²) in [6, 6.07) is 1.79. The molecule has 0 amide bonds. The fourth-order valence-corrected chi connectivity index (χ4v) is 2.12. The van der Waals surface area contributed by atoms with Gasteiger partial charge in [0.25, 0.3) is 5.95 Å². The van der Waals surface area contributed by atoms with E-state index >= 15 is 0 Å².